The number of aryl methyl sites for hydroxylation is 1. The molecule has 1 aromatic heterocycles. The Labute approximate surface area is 120 Å². The maximum Gasteiger partial charge on any atom is 0.350 e. The summed E-state index contributed by atoms with van der Waals surface area (Å²) in [5.41, 5.74) is 8.12. The van der Waals surface area contributed by atoms with Crippen LogP contribution in [0.1, 0.15) is 25.6 Å². The number of nitrogens with two attached hydrogens (primary N) is 1. The minimum absolute atomic E-state index is 0.319. The van der Waals surface area contributed by atoms with E-state index in [1.54, 1.807) is 29.6 Å². The van der Waals surface area contributed by atoms with E-state index < -0.39 is 5.97 Å². The van der Waals surface area contributed by atoms with E-state index >= 15 is 0 Å². The fraction of sp³-hybridized carbons (Fsp3) is 0.143. The average molecular weight is 290 g/mol. The van der Waals surface area contributed by atoms with Gasteiger partial charge >= 0.3 is 5.97 Å². The molecule has 1 amide bonds. The zero-order valence-corrected chi connectivity index (χ0v) is 11.9. The Balaban J connectivity index is 2.22. The average Bonchev–Trinajstić information content (AvgIpc) is 2.89. The van der Waals surface area contributed by atoms with Crippen LogP contribution in [0.25, 0.3) is 0 Å². The van der Waals surface area contributed by atoms with Crippen LogP contribution in [0.15, 0.2) is 29.6 Å². The van der Waals surface area contributed by atoms with Gasteiger partial charge in [-0.05, 0) is 36.1 Å². The number of anilines is 2. The van der Waals surface area contributed by atoms with Gasteiger partial charge in [0, 0.05) is 11.3 Å². The van der Waals surface area contributed by atoms with Crippen molar-refractivity contribution in [1.29, 1.82) is 0 Å². The highest BCUT2D eigenvalue weighted by Crippen LogP contribution is 2.24. The van der Waals surface area contributed by atoms with Crippen LogP contribution in [0.5, 0.6) is 0 Å². The molecule has 0 atom stereocenters. The van der Waals surface area contributed by atoms with E-state index in [9.17, 15) is 9.59 Å². The summed E-state index contributed by atoms with van der Waals surface area (Å²) in [6, 6.07) is 6.73. The SMILES string of the molecule is COC(=O)c1sccc1NC(=O)c1ccc(C)c(N)c1. The van der Waals surface area contributed by atoms with Crippen molar-refractivity contribution in [3.8, 4) is 0 Å². The first-order valence-electron chi connectivity index (χ1n) is 5.86. The Morgan fingerprint density at radius 2 is 2.05 bits per heavy atom. The lowest BCUT2D eigenvalue weighted by Crippen LogP contribution is -2.14. The Morgan fingerprint density at radius 1 is 1.30 bits per heavy atom. The van der Waals surface area contributed by atoms with Crippen LogP contribution < -0.4 is 11.1 Å². The van der Waals surface area contributed by atoms with E-state index in [0.717, 1.165) is 5.56 Å². The number of hydrogen-bond acceptors (Lipinski definition) is 5. The number of nitrogens with one attached hydrogen (secondary N) is 1. The largest absolute Gasteiger partial charge is 0.465 e. The van der Waals surface area contributed by atoms with Crippen LogP contribution >= 0.6 is 11.3 Å². The van der Waals surface area contributed by atoms with Crippen molar-refractivity contribution in [1.82, 2.24) is 0 Å². The Hall–Kier alpha value is -2.34. The standard InChI is InChI=1S/C14H14N2O3S/c1-8-3-4-9(7-10(8)15)13(17)16-11-5-6-20-12(11)14(18)19-2/h3-7H,15H2,1-2H3,(H,16,17). The lowest BCUT2D eigenvalue weighted by atomic mass is 10.1. The molecule has 104 valence electrons. The van der Waals surface area contributed by atoms with Crippen molar-refractivity contribution in [2.45, 2.75) is 6.92 Å². The van der Waals surface area contributed by atoms with Gasteiger partial charge in [0.15, 0.2) is 0 Å². The lowest BCUT2D eigenvalue weighted by molar-refractivity contribution is 0.0607. The zero-order chi connectivity index (χ0) is 14.7. The minimum Gasteiger partial charge on any atom is -0.465 e. The minimum atomic E-state index is -0.473. The molecule has 20 heavy (non-hydrogen) atoms. The number of benzene rings is 1. The van der Waals surface area contributed by atoms with Crippen molar-refractivity contribution < 1.29 is 14.3 Å². The molecule has 2 rings (SSSR count). The highest BCUT2D eigenvalue weighted by molar-refractivity contribution is 7.12. The molecule has 5 nitrogen and oxygen atoms in total. The molecule has 1 aromatic carbocycles. The Bertz CT molecular complexity index is 664. The first-order chi connectivity index (χ1) is 9.52. The molecular weight excluding hydrogens is 276 g/mol. The quantitative estimate of drug-likeness (QED) is 0.672. The monoisotopic (exact) mass is 290 g/mol. The van der Waals surface area contributed by atoms with Gasteiger partial charge in [-0.15, -0.1) is 11.3 Å². The third-order valence-corrected chi connectivity index (χ3v) is 3.72. The summed E-state index contributed by atoms with van der Waals surface area (Å²) < 4.78 is 4.66. The number of rotatable bonds is 3. The maximum atomic E-state index is 12.1. The number of carbonyl (C=O) groups excluding carboxylic acids is 2. The van der Waals surface area contributed by atoms with Crippen LogP contribution in [0, 0.1) is 6.92 Å². The first kappa shape index (κ1) is 14.1. The van der Waals surface area contributed by atoms with Crippen molar-refractivity contribution in [2.75, 3.05) is 18.2 Å². The predicted octanol–water partition coefficient (Wildman–Crippen LogP) is 2.68. The summed E-state index contributed by atoms with van der Waals surface area (Å²) in [6.45, 7) is 1.87. The van der Waals surface area contributed by atoms with Gasteiger partial charge in [-0.1, -0.05) is 6.07 Å². The highest BCUT2D eigenvalue weighted by Gasteiger charge is 2.16. The molecule has 0 aliphatic carbocycles. The molecule has 0 aliphatic heterocycles. The van der Waals surface area contributed by atoms with Crippen molar-refractivity contribution in [2.24, 2.45) is 0 Å². The molecule has 0 bridgehead atoms. The van der Waals surface area contributed by atoms with E-state index in [1.165, 1.54) is 18.4 Å². The van der Waals surface area contributed by atoms with Gasteiger partial charge in [-0.25, -0.2) is 4.79 Å². The number of ether oxygens (including phenoxy) is 1. The van der Waals surface area contributed by atoms with Gasteiger partial charge in [0.2, 0.25) is 0 Å². The van der Waals surface area contributed by atoms with Crippen molar-refractivity contribution >= 4 is 34.6 Å². The molecule has 0 spiro atoms. The molecule has 0 radical (unpaired) electrons. The molecule has 0 saturated heterocycles. The smallest absolute Gasteiger partial charge is 0.350 e. The first-order valence-corrected chi connectivity index (χ1v) is 6.74. The summed E-state index contributed by atoms with van der Waals surface area (Å²) in [5.74, 6) is -0.793. The van der Waals surface area contributed by atoms with E-state index in [1.807, 2.05) is 6.92 Å². The van der Waals surface area contributed by atoms with Gasteiger partial charge in [-0.3, -0.25) is 4.79 Å². The van der Waals surface area contributed by atoms with E-state index in [0.29, 0.717) is 21.8 Å². The number of nitrogen functional groups attached to an aromatic ring is 1. The normalized spacial score (nSPS) is 10.1. The third kappa shape index (κ3) is 2.80. The van der Waals surface area contributed by atoms with Gasteiger partial charge < -0.3 is 15.8 Å². The maximum absolute atomic E-state index is 12.1. The van der Waals surface area contributed by atoms with E-state index in [4.69, 9.17) is 5.73 Å². The van der Waals surface area contributed by atoms with Gasteiger partial charge in [0.05, 0.1) is 12.8 Å². The molecule has 3 N–H and O–H groups in total. The number of amides is 1. The molecule has 6 heteroatoms. The van der Waals surface area contributed by atoms with Crippen molar-refractivity contribution in [3.63, 3.8) is 0 Å². The molecule has 0 fully saturated rings. The number of esters is 1. The van der Waals surface area contributed by atoms with Gasteiger partial charge in [0.1, 0.15) is 4.88 Å². The van der Waals surface area contributed by atoms with Crippen LogP contribution in [0.2, 0.25) is 0 Å². The van der Waals surface area contributed by atoms with Crippen LogP contribution in [0.4, 0.5) is 11.4 Å². The number of hydrogen-bond donors (Lipinski definition) is 2. The Kier molecular flexibility index (Phi) is 4.05. The topological polar surface area (TPSA) is 81.4 Å². The fourth-order valence-electron chi connectivity index (χ4n) is 1.63. The molecule has 0 aliphatic rings. The fourth-order valence-corrected chi connectivity index (χ4v) is 2.40. The van der Waals surface area contributed by atoms with Crippen LogP contribution in [-0.2, 0) is 4.74 Å². The summed E-state index contributed by atoms with van der Waals surface area (Å²) in [5, 5.41) is 4.40. The molecule has 0 unspecified atom stereocenters. The van der Waals surface area contributed by atoms with Gasteiger partial charge in [0.25, 0.3) is 5.91 Å². The van der Waals surface area contributed by atoms with Crippen LogP contribution in [0.3, 0.4) is 0 Å². The summed E-state index contributed by atoms with van der Waals surface area (Å²) in [6.07, 6.45) is 0. The second kappa shape index (κ2) is 5.75. The predicted molar refractivity (Wildman–Crippen MR) is 79.2 cm³/mol. The second-order valence-corrected chi connectivity index (χ2v) is 5.10. The number of carbonyl (C=O) groups is 2. The van der Waals surface area contributed by atoms with Gasteiger partial charge in [-0.2, -0.15) is 0 Å². The van der Waals surface area contributed by atoms with Crippen LogP contribution in [-0.4, -0.2) is 19.0 Å². The van der Waals surface area contributed by atoms with Crippen molar-refractivity contribution in [3.05, 3.63) is 45.6 Å². The molecule has 2 aromatic rings. The summed E-state index contributed by atoms with van der Waals surface area (Å²) in [7, 11) is 1.30. The number of thiophene rings is 1. The third-order valence-electron chi connectivity index (χ3n) is 2.83. The zero-order valence-electron chi connectivity index (χ0n) is 11.1. The second-order valence-electron chi connectivity index (χ2n) is 4.18. The lowest BCUT2D eigenvalue weighted by Gasteiger charge is -2.07. The summed E-state index contributed by atoms with van der Waals surface area (Å²) >= 11 is 1.21. The van der Waals surface area contributed by atoms with E-state index in [2.05, 4.69) is 10.1 Å². The highest BCUT2D eigenvalue weighted by atomic mass is 32.1. The number of methoxy groups -OCH3 is 1. The molecule has 0 saturated carbocycles. The summed E-state index contributed by atoms with van der Waals surface area (Å²) in [4.78, 5) is 24.0. The Morgan fingerprint density at radius 3 is 2.70 bits per heavy atom. The van der Waals surface area contributed by atoms with E-state index in [-0.39, 0.29) is 5.91 Å². The molecular formula is C14H14N2O3S. The molecule has 1 heterocycles.